The molecule has 0 spiro atoms. The molecule has 1 aliphatic heterocycles. The molecule has 0 atom stereocenters. The lowest BCUT2D eigenvalue weighted by molar-refractivity contribution is 0.0947. The van der Waals surface area contributed by atoms with Gasteiger partial charge in [0, 0.05) is 49.7 Å². The zero-order chi connectivity index (χ0) is 21.6. The number of methoxy groups -OCH3 is 1. The molecule has 3 aromatic rings. The van der Waals surface area contributed by atoms with Gasteiger partial charge < -0.3 is 15.0 Å². The number of ether oxygens (including phenoxy) is 1. The molecule has 1 fully saturated rings. The number of benzene rings is 2. The molecule has 1 amide bonds. The van der Waals surface area contributed by atoms with Gasteiger partial charge in [-0.15, -0.1) is 24.2 Å². The van der Waals surface area contributed by atoms with Gasteiger partial charge >= 0.3 is 0 Å². The number of aromatic nitrogens is 1. The topological polar surface area (TPSA) is 57.7 Å². The van der Waals surface area contributed by atoms with Gasteiger partial charge in [-0.25, -0.2) is 4.98 Å². The summed E-state index contributed by atoms with van der Waals surface area (Å²) in [7, 11) is 1.69. The molecule has 2 heterocycles. The van der Waals surface area contributed by atoms with Gasteiger partial charge in [-0.2, -0.15) is 0 Å². The number of carbonyl (C=O) groups excluding carboxylic acids is 1. The molecule has 1 aromatic heterocycles. The van der Waals surface area contributed by atoms with Gasteiger partial charge in [0.15, 0.2) is 5.13 Å². The first-order chi connectivity index (χ1) is 15.2. The molecule has 1 aliphatic rings. The van der Waals surface area contributed by atoms with Crippen molar-refractivity contribution in [3.05, 3.63) is 48.0 Å². The van der Waals surface area contributed by atoms with Crippen LogP contribution in [0.25, 0.3) is 10.2 Å². The highest BCUT2D eigenvalue weighted by molar-refractivity contribution is 7.99. The fourth-order valence-electron chi connectivity index (χ4n) is 3.67. The summed E-state index contributed by atoms with van der Waals surface area (Å²) in [6, 6.07) is 13.9. The van der Waals surface area contributed by atoms with Crippen LogP contribution >= 0.6 is 35.5 Å². The summed E-state index contributed by atoms with van der Waals surface area (Å²) in [5.41, 5.74) is 1.66. The molecule has 0 radical (unpaired) electrons. The Morgan fingerprint density at radius 3 is 2.59 bits per heavy atom. The van der Waals surface area contributed by atoms with E-state index in [4.69, 9.17) is 9.72 Å². The van der Waals surface area contributed by atoms with Crippen LogP contribution in [-0.4, -0.2) is 67.9 Å². The Hall–Kier alpha value is -2.00. The van der Waals surface area contributed by atoms with Gasteiger partial charge in [0.1, 0.15) is 11.3 Å². The first kappa shape index (κ1) is 24.6. The van der Waals surface area contributed by atoms with Crippen LogP contribution in [0.2, 0.25) is 0 Å². The van der Waals surface area contributed by atoms with Crippen molar-refractivity contribution in [3.63, 3.8) is 0 Å². The van der Waals surface area contributed by atoms with Crippen LogP contribution in [-0.2, 0) is 0 Å². The van der Waals surface area contributed by atoms with Crippen molar-refractivity contribution in [2.24, 2.45) is 0 Å². The Morgan fingerprint density at radius 1 is 1.16 bits per heavy atom. The van der Waals surface area contributed by atoms with Crippen LogP contribution in [0.4, 0.5) is 5.13 Å². The number of halogens is 1. The smallest absolute Gasteiger partial charge is 0.251 e. The maximum absolute atomic E-state index is 12.4. The second-order valence-electron chi connectivity index (χ2n) is 7.35. The summed E-state index contributed by atoms with van der Waals surface area (Å²) in [6.07, 6.45) is 0. The standard InChI is InChI=1S/C23H28N4O2S2.ClH/c1-3-30-18-9-7-17(8-10-18)22(28)24-11-12-26-13-15-27(16-14-26)23-25-21-19(29-2)5-4-6-20(21)31-23;/h4-10H,3,11-16H2,1-2H3,(H,24,28);1H. The number of fused-ring (bicyclic) bond motifs is 1. The molecule has 2 aromatic carbocycles. The Balaban J connectivity index is 0.00000289. The van der Waals surface area contributed by atoms with E-state index in [0.29, 0.717) is 6.54 Å². The van der Waals surface area contributed by atoms with Gasteiger partial charge in [0.25, 0.3) is 5.91 Å². The monoisotopic (exact) mass is 492 g/mol. The van der Waals surface area contributed by atoms with E-state index in [1.54, 1.807) is 30.2 Å². The summed E-state index contributed by atoms with van der Waals surface area (Å²) < 4.78 is 6.59. The molecule has 0 bridgehead atoms. The number of anilines is 1. The lowest BCUT2D eigenvalue weighted by Crippen LogP contribution is -2.48. The number of nitrogens with zero attached hydrogens (tertiary/aromatic N) is 3. The van der Waals surface area contributed by atoms with E-state index in [9.17, 15) is 4.79 Å². The molecule has 32 heavy (non-hydrogen) atoms. The van der Waals surface area contributed by atoms with E-state index in [1.165, 1.54) is 4.90 Å². The highest BCUT2D eigenvalue weighted by Crippen LogP contribution is 2.34. The molecule has 1 saturated heterocycles. The molecule has 6 nitrogen and oxygen atoms in total. The minimum atomic E-state index is -0.00453. The molecular formula is C23H29ClN4O2S2. The number of hydrogen-bond donors (Lipinski definition) is 1. The second-order valence-corrected chi connectivity index (χ2v) is 9.69. The van der Waals surface area contributed by atoms with Crippen molar-refractivity contribution in [2.75, 3.05) is 57.0 Å². The normalized spacial score (nSPS) is 14.2. The Kier molecular flexibility index (Phi) is 9.04. The summed E-state index contributed by atoms with van der Waals surface area (Å²) >= 11 is 3.50. The zero-order valence-corrected chi connectivity index (χ0v) is 20.8. The number of thioether (sulfide) groups is 1. The third-order valence-electron chi connectivity index (χ3n) is 5.37. The second kappa shape index (κ2) is 11.7. The fraction of sp³-hybridized carbons (Fsp3) is 0.391. The van der Waals surface area contributed by atoms with Gasteiger partial charge in [-0.05, 0) is 42.2 Å². The molecule has 9 heteroatoms. The molecule has 0 unspecified atom stereocenters. The minimum Gasteiger partial charge on any atom is -0.494 e. The van der Waals surface area contributed by atoms with Gasteiger partial charge in [0.05, 0.1) is 11.8 Å². The third kappa shape index (κ3) is 5.86. The molecule has 1 N–H and O–H groups in total. The summed E-state index contributed by atoms with van der Waals surface area (Å²) in [5, 5.41) is 4.10. The van der Waals surface area contributed by atoms with Crippen molar-refractivity contribution in [1.29, 1.82) is 0 Å². The lowest BCUT2D eigenvalue weighted by atomic mass is 10.2. The predicted octanol–water partition coefficient (Wildman–Crippen LogP) is 4.39. The number of hydrogen-bond acceptors (Lipinski definition) is 7. The van der Waals surface area contributed by atoms with E-state index in [1.807, 2.05) is 36.4 Å². The first-order valence-corrected chi connectivity index (χ1v) is 12.4. The van der Waals surface area contributed by atoms with E-state index in [0.717, 1.165) is 65.1 Å². The Labute approximate surface area is 203 Å². The number of thiazole rings is 1. The van der Waals surface area contributed by atoms with Gasteiger partial charge in [-0.1, -0.05) is 24.3 Å². The lowest BCUT2D eigenvalue weighted by Gasteiger charge is -2.34. The number of amides is 1. The molecular weight excluding hydrogens is 464 g/mol. The third-order valence-corrected chi connectivity index (χ3v) is 7.35. The highest BCUT2D eigenvalue weighted by atomic mass is 35.5. The van der Waals surface area contributed by atoms with Crippen LogP contribution < -0.4 is 15.0 Å². The van der Waals surface area contributed by atoms with E-state index in [2.05, 4.69) is 28.1 Å². The van der Waals surface area contributed by atoms with Crippen molar-refractivity contribution < 1.29 is 9.53 Å². The molecule has 4 rings (SSSR count). The summed E-state index contributed by atoms with van der Waals surface area (Å²) in [5.74, 6) is 1.86. The molecule has 0 saturated carbocycles. The number of para-hydroxylation sites is 1. The Morgan fingerprint density at radius 2 is 1.91 bits per heavy atom. The van der Waals surface area contributed by atoms with Crippen LogP contribution in [0, 0.1) is 0 Å². The van der Waals surface area contributed by atoms with Crippen LogP contribution in [0.3, 0.4) is 0 Å². The van der Waals surface area contributed by atoms with Gasteiger partial charge in [0.2, 0.25) is 0 Å². The number of nitrogens with one attached hydrogen (secondary N) is 1. The maximum atomic E-state index is 12.4. The maximum Gasteiger partial charge on any atom is 0.251 e. The Bertz CT molecular complexity index is 1020. The summed E-state index contributed by atoms with van der Waals surface area (Å²) in [6.45, 7) is 7.44. The predicted molar refractivity (Wildman–Crippen MR) is 137 cm³/mol. The fourth-order valence-corrected chi connectivity index (χ4v) is 5.37. The number of rotatable bonds is 8. The van der Waals surface area contributed by atoms with E-state index in [-0.39, 0.29) is 18.3 Å². The van der Waals surface area contributed by atoms with Crippen molar-refractivity contribution in [2.45, 2.75) is 11.8 Å². The molecule has 172 valence electrons. The largest absolute Gasteiger partial charge is 0.494 e. The van der Waals surface area contributed by atoms with Crippen LogP contribution in [0.5, 0.6) is 5.75 Å². The quantitative estimate of drug-likeness (QED) is 0.470. The number of piperazine rings is 1. The molecule has 0 aliphatic carbocycles. The van der Waals surface area contributed by atoms with Crippen molar-refractivity contribution >= 4 is 56.8 Å². The summed E-state index contributed by atoms with van der Waals surface area (Å²) in [4.78, 5) is 23.1. The average molecular weight is 493 g/mol. The van der Waals surface area contributed by atoms with E-state index >= 15 is 0 Å². The first-order valence-electron chi connectivity index (χ1n) is 10.6. The van der Waals surface area contributed by atoms with Crippen molar-refractivity contribution in [1.82, 2.24) is 15.2 Å². The van der Waals surface area contributed by atoms with Crippen molar-refractivity contribution in [3.8, 4) is 5.75 Å². The van der Waals surface area contributed by atoms with E-state index < -0.39 is 0 Å². The highest BCUT2D eigenvalue weighted by Gasteiger charge is 2.20. The van der Waals surface area contributed by atoms with Crippen LogP contribution in [0.15, 0.2) is 47.4 Å². The van der Waals surface area contributed by atoms with Gasteiger partial charge in [-0.3, -0.25) is 9.69 Å². The number of carbonyl (C=O) groups is 1. The van der Waals surface area contributed by atoms with Crippen LogP contribution in [0.1, 0.15) is 17.3 Å². The average Bonchev–Trinajstić information content (AvgIpc) is 3.25. The zero-order valence-electron chi connectivity index (χ0n) is 18.4. The minimum absolute atomic E-state index is 0. The SMILES string of the molecule is CCSc1ccc(C(=O)NCCN2CCN(c3nc4c(OC)cccc4s3)CC2)cc1.Cl.